The molecule has 0 aliphatic heterocycles. The van der Waals surface area contributed by atoms with Gasteiger partial charge in [-0.25, -0.2) is 0 Å². The summed E-state index contributed by atoms with van der Waals surface area (Å²) < 4.78 is 0. The summed E-state index contributed by atoms with van der Waals surface area (Å²) in [5.41, 5.74) is 8.02. The van der Waals surface area contributed by atoms with Crippen molar-refractivity contribution in [2.45, 2.75) is 40.0 Å². The molecule has 16 heavy (non-hydrogen) atoms. The first-order valence-electron chi connectivity index (χ1n) is 5.73. The van der Waals surface area contributed by atoms with Crippen molar-refractivity contribution in [3.8, 4) is 0 Å². The number of carbonyl (C=O) groups excluding carboxylic acids is 1. The summed E-state index contributed by atoms with van der Waals surface area (Å²) in [6.45, 7) is 6.66. The van der Waals surface area contributed by atoms with Crippen molar-refractivity contribution in [2.24, 2.45) is 11.1 Å². The zero-order valence-electron chi connectivity index (χ0n) is 10.4. The van der Waals surface area contributed by atoms with Gasteiger partial charge < -0.3 is 5.73 Å². The van der Waals surface area contributed by atoms with E-state index >= 15 is 0 Å². The van der Waals surface area contributed by atoms with Crippen molar-refractivity contribution >= 4 is 5.91 Å². The van der Waals surface area contributed by atoms with Crippen LogP contribution in [0.15, 0.2) is 24.3 Å². The molecule has 0 saturated heterocycles. The fourth-order valence-electron chi connectivity index (χ4n) is 1.80. The van der Waals surface area contributed by atoms with E-state index in [1.165, 1.54) is 11.1 Å². The molecule has 1 amide bonds. The van der Waals surface area contributed by atoms with Gasteiger partial charge in [-0.15, -0.1) is 0 Å². The van der Waals surface area contributed by atoms with Gasteiger partial charge in [0.25, 0.3) is 0 Å². The van der Waals surface area contributed by atoms with Gasteiger partial charge >= 0.3 is 0 Å². The minimum Gasteiger partial charge on any atom is -0.370 e. The van der Waals surface area contributed by atoms with Crippen LogP contribution in [0.1, 0.15) is 38.3 Å². The normalized spacial score (nSPS) is 11.4. The molecule has 0 atom stereocenters. The van der Waals surface area contributed by atoms with Crippen LogP contribution in [-0.2, 0) is 17.6 Å². The van der Waals surface area contributed by atoms with Crippen LogP contribution in [0.5, 0.6) is 0 Å². The lowest BCUT2D eigenvalue weighted by Gasteiger charge is -2.20. The maximum absolute atomic E-state index is 10.8. The topological polar surface area (TPSA) is 43.1 Å². The van der Waals surface area contributed by atoms with Crippen molar-refractivity contribution in [1.29, 1.82) is 0 Å². The van der Waals surface area contributed by atoms with Crippen LogP contribution in [0, 0.1) is 5.41 Å². The second-order valence-corrected chi connectivity index (χ2v) is 5.47. The molecule has 0 unspecified atom stereocenters. The molecular formula is C14H21NO. The summed E-state index contributed by atoms with van der Waals surface area (Å²) in [7, 11) is 0. The summed E-state index contributed by atoms with van der Waals surface area (Å²) in [6, 6.07) is 8.29. The first-order valence-corrected chi connectivity index (χ1v) is 5.73. The molecular weight excluding hydrogens is 198 g/mol. The number of hydrogen-bond acceptors (Lipinski definition) is 1. The van der Waals surface area contributed by atoms with Crippen molar-refractivity contribution in [3.05, 3.63) is 35.4 Å². The lowest BCUT2D eigenvalue weighted by atomic mass is 9.85. The summed E-state index contributed by atoms with van der Waals surface area (Å²) >= 11 is 0. The Morgan fingerprint density at radius 2 is 1.75 bits per heavy atom. The van der Waals surface area contributed by atoms with Gasteiger partial charge in [-0.3, -0.25) is 4.79 Å². The average molecular weight is 219 g/mol. The predicted octanol–water partition coefficient (Wildman–Crippen LogP) is 2.69. The van der Waals surface area contributed by atoms with E-state index < -0.39 is 0 Å². The highest BCUT2D eigenvalue weighted by Crippen LogP contribution is 2.23. The Kier molecular flexibility index (Phi) is 4.11. The van der Waals surface area contributed by atoms with Gasteiger partial charge in [0.15, 0.2) is 0 Å². The third-order valence-corrected chi connectivity index (χ3v) is 2.48. The van der Waals surface area contributed by atoms with Crippen LogP contribution in [0.4, 0.5) is 0 Å². The largest absolute Gasteiger partial charge is 0.370 e. The molecule has 2 N–H and O–H groups in total. The van der Waals surface area contributed by atoms with Crippen LogP contribution in [0.3, 0.4) is 0 Å². The second kappa shape index (κ2) is 5.15. The quantitative estimate of drug-likeness (QED) is 0.831. The Labute approximate surface area is 97.9 Å². The lowest BCUT2D eigenvalue weighted by Crippen LogP contribution is -2.14. The molecule has 0 bridgehead atoms. The molecule has 0 aliphatic rings. The predicted molar refractivity (Wildman–Crippen MR) is 67.1 cm³/mol. The van der Waals surface area contributed by atoms with Crippen molar-refractivity contribution in [1.82, 2.24) is 0 Å². The lowest BCUT2D eigenvalue weighted by molar-refractivity contribution is -0.117. The van der Waals surface area contributed by atoms with Gasteiger partial charge in [-0.05, 0) is 29.4 Å². The maximum atomic E-state index is 10.8. The zero-order chi connectivity index (χ0) is 12.2. The first-order chi connectivity index (χ1) is 7.38. The fraction of sp³-hybridized carbons (Fsp3) is 0.500. The van der Waals surface area contributed by atoms with E-state index in [0.29, 0.717) is 6.42 Å². The Hall–Kier alpha value is -1.31. The van der Waals surface area contributed by atoms with Crippen molar-refractivity contribution in [2.75, 3.05) is 0 Å². The van der Waals surface area contributed by atoms with Gasteiger partial charge in [-0.2, -0.15) is 0 Å². The molecule has 0 radical (unpaired) electrons. The minimum atomic E-state index is -0.231. The molecule has 1 aromatic carbocycles. The highest BCUT2D eigenvalue weighted by atomic mass is 16.1. The van der Waals surface area contributed by atoms with E-state index in [4.69, 9.17) is 5.73 Å². The third-order valence-electron chi connectivity index (χ3n) is 2.48. The van der Waals surface area contributed by atoms with Crippen LogP contribution < -0.4 is 5.73 Å². The smallest absolute Gasteiger partial charge is 0.217 e. The zero-order valence-corrected chi connectivity index (χ0v) is 10.4. The first kappa shape index (κ1) is 12.8. The van der Waals surface area contributed by atoms with Crippen molar-refractivity contribution < 1.29 is 4.79 Å². The third kappa shape index (κ3) is 4.47. The Bertz CT molecular complexity index is 363. The molecule has 2 heteroatoms. The van der Waals surface area contributed by atoms with E-state index in [0.717, 1.165) is 12.8 Å². The van der Waals surface area contributed by atoms with Gasteiger partial charge in [0.2, 0.25) is 5.91 Å². The molecule has 0 spiro atoms. The van der Waals surface area contributed by atoms with Gasteiger partial charge in [0.05, 0.1) is 0 Å². The van der Waals surface area contributed by atoms with Gasteiger partial charge in [0.1, 0.15) is 0 Å². The molecule has 0 fully saturated rings. The Morgan fingerprint density at radius 3 is 2.25 bits per heavy atom. The summed E-state index contributed by atoms with van der Waals surface area (Å²) in [5, 5.41) is 0. The molecule has 0 aromatic heterocycles. The molecule has 1 aromatic rings. The van der Waals surface area contributed by atoms with Crippen LogP contribution in [0.25, 0.3) is 0 Å². The highest BCUT2D eigenvalue weighted by molar-refractivity contribution is 5.74. The van der Waals surface area contributed by atoms with E-state index in [1.54, 1.807) is 0 Å². The van der Waals surface area contributed by atoms with Crippen LogP contribution in [-0.4, -0.2) is 5.91 Å². The van der Waals surface area contributed by atoms with E-state index in [2.05, 4.69) is 39.0 Å². The fourth-order valence-corrected chi connectivity index (χ4v) is 1.80. The Morgan fingerprint density at radius 1 is 1.19 bits per heavy atom. The average Bonchev–Trinajstić information content (AvgIpc) is 2.14. The second-order valence-electron chi connectivity index (χ2n) is 5.47. The molecule has 0 saturated carbocycles. The number of hydrogen-bond donors (Lipinski definition) is 1. The monoisotopic (exact) mass is 219 g/mol. The van der Waals surface area contributed by atoms with E-state index in [-0.39, 0.29) is 11.3 Å². The number of nitrogens with two attached hydrogens (primary N) is 1. The standard InChI is InChI=1S/C14H21NO/c1-14(2,3)10-12-7-5-4-6-11(12)8-9-13(15)16/h4-7H,8-10H2,1-3H3,(H2,15,16). The number of primary amides is 1. The number of amides is 1. The molecule has 0 aliphatic carbocycles. The summed E-state index contributed by atoms with van der Waals surface area (Å²) in [4.78, 5) is 10.8. The maximum Gasteiger partial charge on any atom is 0.217 e. The SMILES string of the molecule is CC(C)(C)Cc1ccccc1CCC(N)=O. The van der Waals surface area contributed by atoms with Crippen LogP contribution in [0.2, 0.25) is 0 Å². The summed E-state index contributed by atoms with van der Waals surface area (Å²) in [5.74, 6) is -0.231. The minimum absolute atomic E-state index is 0.231. The van der Waals surface area contributed by atoms with Gasteiger partial charge in [0, 0.05) is 6.42 Å². The molecule has 2 nitrogen and oxygen atoms in total. The highest BCUT2D eigenvalue weighted by Gasteiger charge is 2.13. The van der Waals surface area contributed by atoms with Crippen molar-refractivity contribution in [3.63, 3.8) is 0 Å². The molecule has 88 valence electrons. The number of aryl methyl sites for hydroxylation is 1. The van der Waals surface area contributed by atoms with E-state index in [1.807, 2.05) is 6.07 Å². The molecule has 1 rings (SSSR count). The number of benzene rings is 1. The number of rotatable bonds is 4. The molecule has 0 heterocycles. The summed E-state index contributed by atoms with van der Waals surface area (Å²) in [6.07, 6.45) is 2.21. The van der Waals surface area contributed by atoms with Gasteiger partial charge in [-0.1, -0.05) is 45.0 Å². The van der Waals surface area contributed by atoms with Crippen LogP contribution >= 0.6 is 0 Å². The van der Waals surface area contributed by atoms with E-state index in [9.17, 15) is 4.79 Å². The number of carbonyl (C=O) groups is 1. The Balaban J connectivity index is 2.79.